The van der Waals surface area contributed by atoms with Crippen LogP contribution in [0, 0.1) is 28.6 Å². The van der Waals surface area contributed by atoms with Crippen molar-refractivity contribution in [3.05, 3.63) is 23.9 Å². The Morgan fingerprint density at radius 1 is 1.12 bits per heavy atom. The van der Waals surface area contributed by atoms with Gasteiger partial charge in [0.1, 0.15) is 17.6 Å². The van der Waals surface area contributed by atoms with E-state index in [9.17, 15) is 0 Å². The summed E-state index contributed by atoms with van der Waals surface area (Å²) in [6, 6.07) is 7.88. The molecule has 0 aliphatic carbocycles. The average molecular weight is 326 g/mol. The van der Waals surface area contributed by atoms with Crippen molar-refractivity contribution in [3.63, 3.8) is 0 Å². The minimum Gasteiger partial charge on any atom is -0.357 e. The highest BCUT2D eigenvalue weighted by molar-refractivity contribution is 5.41. The molecule has 3 heterocycles. The van der Waals surface area contributed by atoms with Crippen LogP contribution in [0.1, 0.15) is 45.7 Å². The maximum atomic E-state index is 9.02. The summed E-state index contributed by atoms with van der Waals surface area (Å²) in [4.78, 5) is 9.45. The van der Waals surface area contributed by atoms with Gasteiger partial charge >= 0.3 is 0 Å². The third-order valence-corrected chi connectivity index (χ3v) is 5.39. The summed E-state index contributed by atoms with van der Waals surface area (Å²) < 4.78 is 0. The van der Waals surface area contributed by atoms with Gasteiger partial charge < -0.3 is 9.80 Å². The highest BCUT2D eigenvalue weighted by Crippen LogP contribution is 2.34. The summed E-state index contributed by atoms with van der Waals surface area (Å²) in [5, 5.41) is 9.02. The largest absolute Gasteiger partial charge is 0.357 e. The molecule has 0 N–H and O–H groups in total. The molecule has 4 heteroatoms. The second-order valence-corrected chi connectivity index (χ2v) is 8.66. The van der Waals surface area contributed by atoms with Crippen LogP contribution in [0.15, 0.2) is 18.2 Å². The van der Waals surface area contributed by atoms with E-state index in [4.69, 9.17) is 5.26 Å². The summed E-state index contributed by atoms with van der Waals surface area (Å²) in [7, 11) is 0. The Kier molecular flexibility index (Phi) is 5.10. The van der Waals surface area contributed by atoms with Gasteiger partial charge in [-0.05, 0) is 55.2 Å². The van der Waals surface area contributed by atoms with Crippen LogP contribution in [0.5, 0.6) is 0 Å². The van der Waals surface area contributed by atoms with Gasteiger partial charge in [0.05, 0.1) is 0 Å². The molecule has 0 bridgehead atoms. The molecule has 1 aromatic heterocycles. The lowest BCUT2D eigenvalue weighted by atomic mass is 9.83. The topological polar surface area (TPSA) is 43.2 Å². The standard InChI is InChI=1S/C20H30N4/c1-20(2,3)15-23-10-7-17(14-23)16-8-11-24(12-9-16)19-6-4-5-18(13-21)22-19/h4-6,16-17H,7-12,14-15H2,1-3H3/t17-/m0/s1. The van der Waals surface area contributed by atoms with Crippen molar-refractivity contribution in [2.45, 2.75) is 40.0 Å². The molecule has 0 unspecified atom stereocenters. The van der Waals surface area contributed by atoms with Crippen molar-refractivity contribution in [2.24, 2.45) is 17.3 Å². The van der Waals surface area contributed by atoms with Gasteiger partial charge in [0.15, 0.2) is 0 Å². The monoisotopic (exact) mass is 326 g/mol. The number of likely N-dealkylation sites (tertiary alicyclic amines) is 1. The quantitative estimate of drug-likeness (QED) is 0.852. The van der Waals surface area contributed by atoms with Crippen LogP contribution in [0.2, 0.25) is 0 Å². The molecule has 24 heavy (non-hydrogen) atoms. The molecule has 0 amide bonds. The van der Waals surface area contributed by atoms with E-state index < -0.39 is 0 Å². The molecule has 0 spiro atoms. The summed E-state index contributed by atoms with van der Waals surface area (Å²) in [6.07, 6.45) is 3.88. The number of aromatic nitrogens is 1. The predicted octanol–water partition coefficient (Wildman–Crippen LogP) is 3.54. The fourth-order valence-electron chi connectivity index (χ4n) is 4.32. The summed E-state index contributed by atoms with van der Waals surface area (Å²) >= 11 is 0. The average Bonchev–Trinajstić information content (AvgIpc) is 3.01. The number of pyridine rings is 1. The third kappa shape index (κ3) is 4.27. The van der Waals surface area contributed by atoms with Crippen LogP contribution < -0.4 is 4.90 Å². The van der Waals surface area contributed by atoms with Crippen molar-refractivity contribution in [3.8, 4) is 6.07 Å². The molecule has 2 saturated heterocycles. The third-order valence-electron chi connectivity index (χ3n) is 5.39. The Hall–Kier alpha value is -1.60. The SMILES string of the molecule is CC(C)(C)CN1CC[C@H](C2CCN(c3cccc(C#N)n3)CC2)C1. The van der Waals surface area contributed by atoms with Crippen LogP contribution in [0.3, 0.4) is 0 Å². The van der Waals surface area contributed by atoms with Gasteiger partial charge in [0, 0.05) is 26.2 Å². The van der Waals surface area contributed by atoms with E-state index in [2.05, 4.69) is 41.6 Å². The second-order valence-electron chi connectivity index (χ2n) is 8.66. The molecule has 0 aromatic carbocycles. The molecule has 0 radical (unpaired) electrons. The lowest BCUT2D eigenvalue weighted by molar-refractivity contribution is 0.203. The number of anilines is 1. The predicted molar refractivity (Wildman–Crippen MR) is 97.9 cm³/mol. The zero-order valence-electron chi connectivity index (χ0n) is 15.3. The smallest absolute Gasteiger partial charge is 0.142 e. The Balaban J connectivity index is 1.51. The van der Waals surface area contributed by atoms with E-state index >= 15 is 0 Å². The van der Waals surface area contributed by atoms with E-state index in [-0.39, 0.29) is 0 Å². The van der Waals surface area contributed by atoms with Crippen LogP contribution in [0.25, 0.3) is 0 Å². The van der Waals surface area contributed by atoms with Gasteiger partial charge in [-0.1, -0.05) is 26.8 Å². The van der Waals surface area contributed by atoms with Gasteiger partial charge in [0.25, 0.3) is 0 Å². The fourth-order valence-corrected chi connectivity index (χ4v) is 4.32. The van der Waals surface area contributed by atoms with Crippen LogP contribution in [-0.2, 0) is 0 Å². The van der Waals surface area contributed by atoms with Gasteiger partial charge in [-0.15, -0.1) is 0 Å². The maximum absolute atomic E-state index is 9.02. The highest BCUT2D eigenvalue weighted by Gasteiger charge is 2.33. The Morgan fingerprint density at radius 3 is 2.50 bits per heavy atom. The Morgan fingerprint density at radius 2 is 1.83 bits per heavy atom. The van der Waals surface area contributed by atoms with E-state index in [1.54, 1.807) is 6.07 Å². The molecule has 2 aliphatic heterocycles. The first kappa shape index (κ1) is 17.2. The zero-order valence-corrected chi connectivity index (χ0v) is 15.3. The lowest BCUT2D eigenvalue weighted by Crippen LogP contribution is -2.38. The number of piperidine rings is 1. The van der Waals surface area contributed by atoms with E-state index in [0.717, 1.165) is 30.7 Å². The molecule has 1 atom stereocenters. The zero-order chi connectivity index (χ0) is 17.2. The number of hydrogen-bond acceptors (Lipinski definition) is 4. The van der Waals surface area contributed by atoms with E-state index in [1.807, 2.05) is 12.1 Å². The molecule has 1 aromatic rings. The molecule has 3 rings (SSSR count). The van der Waals surface area contributed by atoms with Crippen molar-refractivity contribution in [1.29, 1.82) is 5.26 Å². The molecule has 2 fully saturated rings. The molecule has 4 nitrogen and oxygen atoms in total. The fraction of sp³-hybridized carbons (Fsp3) is 0.700. The summed E-state index contributed by atoms with van der Waals surface area (Å²) in [5.41, 5.74) is 0.915. The lowest BCUT2D eigenvalue weighted by Gasteiger charge is -2.36. The maximum Gasteiger partial charge on any atom is 0.142 e. The molecule has 130 valence electrons. The van der Waals surface area contributed by atoms with Gasteiger partial charge in [-0.25, -0.2) is 4.98 Å². The molecular weight excluding hydrogens is 296 g/mol. The number of nitrogens with zero attached hydrogens (tertiary/aromatic N) is 4. The Bertz CT molecular complexity index is 590. The number of nitriles is 1. The first-order chi connectivity index (χ1) is 11.4. The van der Waals surface area contributed by atoms with Crippen LogP contribution >= 0.6 is 0 Å². The minimum atomic E-state index is 0.398. The first-order valence-corrected chi connectivity index (χ1v) is 9.29. The Labute approximate surface area is 146 Å². The molecular formula is C20H30N4. The number of rotatable bonds is 3. The van der Waals surface area contributed by atoms with Gasteiger partial charge in [-0.2, -0.15) is 5.26 Å². The molecule has 0 saturated carbocycles. The van der Waals surface area contributed by atoms with Crippen molar-refractivity contribution in [2.75, 3.05) is 37.6 Å². The van der Waals surface area contributed by atoms with E-state index in [0.29, 0.717) is 11.1 Å². The normalized spacial score (nSPS) is 23.4. The number of hydrogen-bond donors (Lipinski definition) is 0. The molecule has 2 aliphatic rings. The van der Waals surface area contributed by atoms with Gasteiger partial charge in [0.2, 0.25) is 0 Å². The summed E-state index contributed by atoms with van der Waals surface area (Å²) in [5.74, 6) is 2.69. The second kappa shape index (κ2) is 7.11. The minimum absolute atomic E-state index is 0.398. The van der Waals surface area contributed by atoms with Crippen molar-refractivity contribution < 1.29 is 0 Å². The van der Waals surface area contributed by atoms with Gasteiger partial charge in [-0.3, -0.25) is 0 Å². The first-order valence-electron chi connectivity index (χ1n) is 9.29. The van der Waals surface area contributed by atoms with Crippen LogP contribution in [-0.4, -0.2) is 42.6 Å². The van der Waals surface area contributed by atoms with E-state index in [1.165, 1.54) is 38.9 Å². The van der Waals surface area contributed by atoms with Crippen molar-refractivity contribution >= 4 is 5.82 Å². The summed E-state index contributed by atoms with van der Waals surface area (Å²) in [6.45, 7) is 12.9. The van der Waals surface area contributed by atoms with Crippen LogP contribution in [0.4, 0.5) is 5.82 Å². The van der Waals surface area contributed by atoms with Crippen molar-refractivity contribution in [1.82, 2.24) is 9.88 Å². The highest BCUT2D eigenvalue weighted by atomic mass is 15.2.